The van der Waals surface area contributed by atoms with Gasteiger partial charge in [0.2, 0.25) is 5.82 Å². The van der Waals surface area contributed by atoms with Crippen molar-refractivity contribution in [3.05, 3.63) is 58.5 Å². The predicted octanol–water partition coefficient (Wildman–Crippen LogP) is 2.41. The third kappa shape index (κ3) is 2.71. The van der Waals surface area contributed by atoms with E-state index in [-0.39, 0.29) is 5.69 Å². The third-order valence-corrected chi connectivity index (χ3v) is 4.51. The molecule has 0 saturated carbocycles. The van der Waals surface area contributed by atoms with Crippen LogP contribution in [0.25, 0.3) is 10.9 Å². The van der Waals surface area contributed by atoms with Crippen LogP contribution in [0.4, 0.5) is 15.8 Å². The van der Waals surface area contributed by atoms with Gasteiger partial charge in [0.05, 0.1) is 27.2 Å². The zero-order valence-electron chi connectivity index (χ0n) is 11.4. The minimum atomic E-state index is -4.11. The predicted molar refractivity (Wildman–Crippen MR) is 80.0 cm³/mol. The third-order valence-electron chi connectivity index (χ3n) is 3.15. The van der Waals surface area contributed by atoms with Crippen LogP contribution in [-0.2, 0) is 10.0 Å². The summed E-state index contributed by atoms with van der Waals surface area (Å²) < 4.78 is 40.6. The molecule has 0 spiro atoms. The van der Waals surface area contributed by atoms with Gasteiger partial charge >= 0.3 is 5.69 Å². The molecule has 10 heteroatoms. The Bertz CT molecular complexity index is 1020. The van der Waals surface area contributed by atoms with Crippen molar-refractivity contribution in [1.29, 1.82) is 0 Å². The second-order valence-electron chi connectivity index (χ2n) is 4.62. The molecule has 8 nitrogen and oxygen atoms in total. The van der Waals surface area contributed by atoms with Gasteiger partial charge in [-0.1, -0.05) is 12.1 Å². The van der Waals surface area contributed by atoms with E-state index >= 15 is 0 Å². The fourth-order valence-electron chi connectivity index (χ4n) is 2.06. The number of fused-ring (bicyclic) bond motifs is 1. The first-order valence-electron chi connectivity index (χ1n) is 6.27. The van der Waals surface area contributed by atoms with Gasteiger partial charge in [-0.15, -0.1) is 0 Å². The molecule has 0 saturated heterocycles. The maximum atomic E-state index is 13.6. The number of aromatic nitrogens is 2. The highest BCUT2D eigenvalue weighted by Crippen LogP contribution is 2.25. The molecule has 23 heavy (non-hydrogen) atoms. The van der Waals surface area contributed by atoms with Crippen LogP contribution in [0.3, 0.4) is 0 Å². The van der Waals surface area contributed by atoms with Crippen LogP contribution in [0, 0.1) is 15.9 Å². The molecule has 0 amide bonds. The maximum absolute atomic E-state index is 13.6. The summed E-state index contributed by atoms with van der Waals surface area (Å²) in [5.41, 5.74) is -0.0863. The summed E-state index contributed by atoms with van der Waals surface area (Å²) in [6, 6.07) is 7.26. The molecule has 2 aromatic carbocycles. The number of sulfonamides is 1. The van der Waals surface area contributed by atoms with Crippen LogP contribution in [-0.4, -0.2) is 23.5 Å². The first kappa shape index (κ1) is 14.9. The van der Waals surface area contributed by atoms with Crippen molar-refractivity contribution < 1.29 is 17.7 Å². The van der Waals surface area contributed by atoms with E-state index in [0.717, 1.165) is 12.1 Å². The molecule has 0 atom stereocenters. The topological polar surface area (TPSA) is 118 Å². The summed E-state index contributed by atoms with van der Waals surface area (Å²) in [4.78, 5) is 9.23. The molecule has 118 valence electrons. The van der Waals surface area contributed by atoms with Crippen LogP contribution in [0.15, 0.2) is 47.5 Å². The Morgan fingerprint density at radius 3 is 2.74 bits per heavy atom. The lowest BCUT2D eigenvalue weighted by Gasteiger charge is -2.09. The molecule has 1 aromatic heterocycles. The Labute approximate surface area is 129 Å². The molecule has 0 aliphatic heterocycles. The molecule has 0 aliphatic carbocycles. The summed E-state index contributed by atoms with van der Waals surface area (Å²) in [7, 11) is -4.11. The number of benzene rings is 2. The van der Waals surface area contributed by atoms with Crippen molar-refractivity contribution in [1.82, 2.24) is 10.2 Å². The average molecular weight is 336 g/mol. The molecule has 0 radical (unpaired) electrons. The van der Waals surface area contributed by atoms with E-state index in [1.807, 2.05) is 0 Å². The fraction of sp³-hybridized carbons (Fsp3) is 0. The van der Waals surface area contributed by atoms with Crippen molar-refractivity contribution in [2.45, 2.75) is 4.90 Å². The first-order chi connectivity index (χ1) is 10.9. The number of hydrogen-bond acceptors (Lipinski definition) is 5. The van der Waals surface area contributed by atoms with Gasteiger partial charge in [-0.25, -0.2) is 8.42 Å². The van der Waals surface area contributed by atoms with E-state index in [1.165, 1.54) is 12.3 Å². The van der Waals surface area contributed by atoms with Gasteiger partial charge < -0.3 is 0 Å². The van der Waals surface area contributed by atoms with Gasteiger partial charge in [-0.05, 0) is 12.1 Å². The van der Waals surface area contributed by atoms with E-state index in [1.54, 1.807) is 12.1 Å². The van der Waals surface area contributed by atoms with E-state index in [4.69, 9.17) is 0 Å². The number of aromatic amines is 1. The molecule has 3 rings (SSSR count). The molecule has 0 aliphatic rings. The highest BCUT2D eigenvalue weighted by Gasteiger charge is 2.21. The molecule has 3 aromatic rings. The van der Waals surface area contributed by atoms with Crippen molar-refractivity contribution in [3.8, 4) is 0 Å². The van der Waals surface area contributed by atoms with Gasteiger partial charge in [0.15, 0.2) is 0 Å². The van der Waals surface area contributed by atoms with Gasteiger partial charge in [0.25, 0.3) is 10.0 Å². The van der Waals surface area contributed by atoms with Gasteiger partial charge in [0.1, 0.15) is 0 Å². The van der Waals surface area contributed by atoms with E-state index in [9.17, 15) is 22.9 Å². The highest BCUT2D eigenvalue weighted by molar-refractivity contribution is 7.92. The Morgan fingerprint density at radius 2 is 2.04 bits per heavy atom. The van der Waals surface area contributed by atoms with E-state index in [0.29, 0.717) is 17.0 Å². The number of anilines is 1. The van der Waals surface area contributed by atoms with Crippen molar-refractivity contribution >= 4 is 32.3 Å². The van der Waals surface area contributed by atoms with Crippen LogP contribution >= 0.6 is 0 Å². The van der Waals surface area contributed by atoms with Crippen molar-refractivity contribution in [3.63, 3.8) is 0 Å². The number of nitro benzene ring substituents is 1. The van der Waals surface area contributed by atoms with Crippen molar-refractivity contribution in [2.75, 3.05) is 4.72 Å². The molecule has 2 N–H and O–H groups in total. The number of para-hydroxylation sites is 1. The van der Waals surface area contributed by atoms with Crippen LogP contribution in [0.2, 0.25) is 0 Å². The highest BCUT2D eigenvalue weighted by atomic mass is 32.2. The Kier molecular flexibility index (Phi) is 3.45. The summed E-state index contributed by atoms with van der Waals surface area (Å²) in [5, 5.41) is 17.7. The van der Waals surface area contributed by atoms with Crippen LogP contribution in [0.5, 0.6) is 0 Å². The lowest BCUT2D eigenvalue weighted by molar-refractivity contribution is -0.387. The minimum Gasteiger partial charge on any atom is -0.277 e. The fourth-order valence-corrected chi connectivity index (χ4v) is 3.14. The standard InChI is InChI=1S/C13H9FN4O4S/c14-10-6-9(4-5-12(10)18(19)20)23(21,22)17-11-3-1-2-8-7-15-16-13(8)11/h1-7,17H,(H,15,16). The zero-order valence-corrected chi connectivity index (χ0v) is 12.2. The maximum Gasteiger partial charge on any atom is 0.304 e. The quantitative estimate of drug-likeness (QED) is 0.560. The second-order valence-corrected chi connectivity index (χ2v) is 6.30. The monoisotopic (exact) mass is 336 g/mol. The molecule has 0 bridgehead atoms. The lowest BCUT2D eigenvalue weighted by Crippen LogP contribution is -2.13. The number of nitrogens with zero attached hydrogens (tertiary/aromatic N) is 2. The largest absolute Gasteiger partial charge is 0.304 e. The van der Waals surface area contributed by atoms with Crippen molar-refractivity contribution in [2.24, 2.45) is 0 Å². The number of nitro groups is 1. The van der Waals surface area contributed by atoms with E-state index < -0.39 is 31.3 Å². The van der Waals surface area contributed by atoms with E-state index in [2.05, 4.69) is 14.9 Å². The molecular formula is C13H9FN4O4S. The number of hydrogen-bond donors (Lipinski definition) is 2. The summed E-state index contributed by atoms with van der Waals surface area (Å²) in [6.45, 7) is 0. The molecule has 0 unspecified atom stereocenters. The van der Waals surface area contributed by atoms with Crippen LogP contribution in [0.1, 0.15) is 0 Å². The lowest BCUT2D eigenvalue weighted by atomic mass is 10.2. The summed E-state index contributed by atoms with van der Waals surface area (Å²) in [5.74, 6) is -1.22. The SMILES string of the molecule is O=[N+]([O-])c1ccc(S(=O)(=O)Nc2cccc3cn[nH]c23)cc1F. The Morgan fingerprint density at radius 1 is 1.26 bits per heavy atom. The number of nitrogens with one attached hydrogen (secondary N) is 2. The Hall–Kier alpha value is -3.01. The zero-order chi connectivity index (χ0) is 16.6. The number of rotatable bonds is 4. The summed E-state index contributed by atoms with van der Waals surface area (Å²) >= 11 is 0. The number of halogens is 1. The average Bonchev–Trinajstić information content (AvgIpc) is 2.96. The van der Waals surface area contributed by atoms with Gasteiger partial charge in [-0.3, -0.25) is 19.9 Å². The second kappa shape index (κ2) is 5.32. The smallest absolute Gasteiger partial charge is 0.277 e. The minimum absolute atomic E-state index is 0.235. The first-order valence-corrected chi connectivity index (χ1v) is 7.76. The molecule has 0 fully saturated rings. The number of H-pyrrole nitrogens is 1. The van der Waals surface area contributed by atoms with Gasteiger partial charge in [0, 0.05) is 17.5 Å². The Balaban J connectivity index is 2.01. The summed E-state index contributed by atoms with van der Waals surface area (Å²) in [6.07, 6.45) is 1.53. The van der Waals surface area contributed by atoms with Gasteiger partial charge in [-0.2, -0.15) is 9.49 Å². The molecule has 1 heterocycles. The normalized spacial score (nSPS) is 11.5. The van der Waals surface area contributed by atoms with Crippen LogP contribution < -0.4 is 4.72 Å². The molecular weight excluding hydrogens is 327 g/mol.